The summed E-state index contributed by atoms with van der Waals surface area (Å²) >= 11 is 0. The summed E-state index contributed by atoms with van der Waals surface area (Å²) in [5.74, 6) is 1.49. The van der Waals surface area contributed by atoms with Crippen molar-refractivity contribution in [1.82, 2.24) is 20.2 Å². The van der Waals surface area contributed by atoms with E-state index in [1.165, 1.54) is 0 Å². The number of rotatable bonds is 2. The Hall–Kier alpha value is -1.40. The highest BCUT2D eigenvalue weighted by Gasteiger charge is 2.33. The average Bonchev–Trinajstić information content (AvgIpc) is 2.27. The second kappa shape index (κ2) is 4.70. The first-order valence-corrected chi connectivity index (χ1v) is 6.50. The number of H-pyrrole nitrogens is 1. The minimum Gasteiger partial charge on any atom is -0.353 e. The van der Waals surface area contributed by atoms with E-state index in [1.807, 2.05) is 6.92 Å². The predicted octanol–water partition coefficient (Wildman–Crippen LogP) is -0.828. The highest BCUT2D eigenvalue weighted by molar-refractivity contribution is 5.41. The van der Waals surface area contributed by atoms with Gasteiger partial charge in [0.05, 0.1) is 0 Å². The Morgan fingerprint density at radius 1 is 1.33 bits per heavy atom. The van der Waals surface area contributed by atoms with E-state index in [0.717, 1.165) is 45.1 Å². The highest BCUT2D eigenvalue weighted by atomic mass is 16.1. The number of nitrogens with zero attached hydrogens (tertiary/aromatic N) is 3. The van der Waals surface area contributed by atoms with Crippen LogP contribution < -0.4 is 15.8 Å². The van der Waals surface area contributed by atoms with E-state index in [-0.39, 0.29) is 5.56 Å². The molecule has 0 radical (unpaired) electrons. The molecule has 2 aliphatic heterocycles. The molecule has 0 aliphatic carbocycles. The lowest BCUT2D eigenvalue weighted by Crippen LogP contribution is -2.63. The normalized spacial score (nSPS) is 21.9. The number of aromatic amines is 1. The molecule has 1 aromatic heterocycles. The number of hydrogen-bond donors (Lipinski definition) is 2. The quantitative estimate of drug-likeness (QED) is 0.716. The number of aromatic nitrogens is 2. The van der Waals surface area contributed by atoms with Gasteiger partial charge >= 0.3 is 0 Å². The van der Waals surface area contributed by atoms with Crippen molar-refractivity contribution in [2.45, 2.75) is 13.0 Å². The van der Waals surface area contributed by atoms with Gasteiger partial charge in [-0.05, 0) is 6.92 Å². The van der Waals surface area contributed by atoms with Crippen LogP contribution >= 0.6 is 0 Å². The first-order valence-electron chi connectivity index (χ1n) is 6.50. The zero-order valence-electron chi connectivity index (χ0n) is 10.6. The van der Waals surface area contributed by atoms with Crippen LogP contribution in [0.25, 0.3) is 0 Å². The van der Waals surface area contributed by atoms with Gasteiger partial charge < -0.3 is 15.2 Å². The third kappa shape index (κ3) is 2.26. The van der Waals surface area contributed by atoms with Crippen LogP contribution in [0.15, 0.2) is 10.9 Å². The van der Waals surface area contributed by atoms with E-state index in [9.17, 15) is 4.79 Å². The summed E-state index contributed by atoms with van der Waals surface area (Å²) in [6.07, 6.45) is 0. The van der Waals surface area contributed by atoms with Crippen molar-refractivity contribution in [3.05, 3.63) is 22.2 Å². The molecular formula is C12H19N5O. The van der Waals surface area contributed by atoms with E-state index < -0.39 is 0 Å². The monoisotopic (exact) mass is 249 g/mol. The fourth-order valence-electron chi connectivity index (χ4n) is 2.65. The molecule has 0 atom stereocenters. The summed E-state index contributed by atoms with van der Waals surface area (Å²) in [4.78, 5) is 23.1. The van der Waals surface area contributed by atoms with Crippen LogP contribution in [0.5, 0.6) is 0 Å². The molecule has 0 bridgehead atoms. The number of anilines is 1. The van der Waals surface area contributed by atoms with Gasteiger partial charge in [0.15, 0.2) is 0 Å². The maximum atomic E-state index is 11.4. The Bertz CT molecular complexity index is 474. The second-order valence-electron chi connectivity index (χ2n) is 5.03. The number of nitrogens with one attached hydrogen (secondary N) is 2. The maximum Gasteiger partial charge on any atom is 0.252 e. The van der Waals surface area contributed by atoms with E-state index in [2.05, 4.69) is 25.1 Å². The van der Waals surface area contributed by atoms with Gasteiger partial charge in [-0.2, -0.15) is 0 Å². The van der Waals surface area contributed by atoms with Crippen LogP contribution in [-0.2, 0) is 0 Å². The molecule has 0 amide bonds. The lowest BCUT2D eigenvalue weighted by Gasteiger charge is -2.47. The molecule has 3 heterocycles. The van der Waals surface area contributed by atoms with Gasteiger partial charge in [0.1, 0.15) is 11.6 Å². The Labute approximate surface area is 106 Å². The van der Waals surface area contributed by atoms with Crippen molar-refractivity contribution in [1.29, 1.82) is 0 Å². The van der Waals surface area contributed by atoms with Gasteiger partial charge in [-0.25, -0.2) is 4.98 Å². The van der Waals surface area contributed by atoms with Crippen molar-refractivity contribution >= 4 is 5.82 Å². The minimum absolute atomic E-state index is 0.0666. The molecule has 0 spiro atoms. The van der Waals surface area contributed by atoms with Crippen LogP contribution in [0.3, 0.4) is 0 Å². The summed E-state index contributed by atoms with van der Waals surface area (Å²) in [7, 11) is 0. The lowest BCUT2D eigenvalue weighted by atomic mass is 10.1. The van der Waals surface area contributed by atoms with Gasteiger partial charge in [0.25, 0.3) is 5.56 Å². The first kappa shape index (κ1) is 11.7. The molecule has 2 aliphatic rings. The molecule has 0 saturated carbocycles. The van der Waals surface area contributed by atoms with Crippen molar-refractivity contribution in [3.63, 3.8) is 0 Å². The third-order valence-corrected chi connectivity index (χ3v) is 3.70. The van der Waals surface area contributed by atoms with Crippen LogP contribution in [-0.4, -0.2) is 60.2 Å². The maximum absolute atomic E-state index is 11.4. The molecule has 6 nitrogen and oxygen atoms in total. The second-order valence-corrected chi connectivity index (χ2v) is 5.03. The van der Waals surface area contributed by atoms with Gasteiger partial charge in [-0.1, -0.05) is 0 Å². The summed E-state index contributed by atoms with van der Waals surface area (Å²) in [5.41, 5.74) is -0.0666. The SMILES string of the molecule is Cc1nc(N2CC(N3CCNCC3)C2)cc(=O)[nH]1. The predicted molar refractivity (Wildman–Crippen MR) is 70.0 cm³/mol. The molecule has 2 fully saturated rings. The molecule has 98 valence electrons. The molecule has 6 heteroatoms. The number of hydrogen-bond acceptors (Lipinski definition) is 5. The summed E-state index contributed by atoms with van der Waals surface area (Å²) in [6, 6.07) is 2.20. The molecule has 18 heavy (non-hydrogen) atoms. The van der Waals surface area contributed by atoms with Crippen molar-refractivity contribution < 1.29 is 0 Å². The zero-order valence-corrected chi connectivity index (χ0v) is 10.6. The largest absolute Gasteiger partial charge is 0.353 e. The lowest BCUT2D eigenvalue weighted by molar-refractivity contribution is 0.147. The van der Waals surface area contributed by atoms with Gasteiger partial charge in [-0.15, -0.1) is 0 Å². The summed E-state index contributed by atoms with van der Waals surface area (Å²) in [5, 5.41) is 3.36. The zero-order chi connectivity index (χ0) is 12.5. The average molecular weight is 249 g/mol. The first-order chi connectivity index (χ1) is 8.72. The van der Waals surface area contributed by atoms with Gasteiger partial charge in [-0.3, -0.25) is 9.69 Å². The molecule has 3 rings (SSSR count). The number of aryl methyl sites for hydroxylation is 1. The van der Waals surface area contributed by atoms with Crippen LogP contribution in [0, 0.1) is 6.92 Å². The molecule has 2 saturated heterocycles. The molecule has 0 unspecified atom stereocenters. The summed E-state index contributed by atoms with van der Waals surface area (Å²) < 4.78 is 0. The molecule has 2 N–H and O–H groups in total. The van der Waals surface area contributed by atoms with Crippen LogP contribution in [0.2, 0.25) is 0 Å². The van der Waals surface area contributed by atoms with Crippen LogP contribution in [0.4, 0.5) is 5.82 Å². The highest BCUT2D eigenvalue weighted by Crippen LogP contribution is 2.20. The Morgan fingerprint density at radius 3 is 2.72 bits per heavy atom. The Kier molecular flexibility index (Phi) is 3.05. The van der Waals surface area contributed by atoms with E-state index in [4.69, 9.17) is 0 Å². The van der Waals surface area contributed by atoms with Crippen LogP contribution in [0.1, 0.15) is 5.82 Å². The smallest absolute Gasteiger partial charge is 0.252 e. The molecular weight excluding hydrogens is 230 g/mol. The van der Waals surface area contributed by atoms with Gasteiger partial charge in [0, 0.05) is 51.4 Å². The summed E-state index contributed by atoms with van der Waals surface area (Å²) in [6.45, 7) is 8.20. The molecule has 1 aromatic rings. The van der Waals surface area contributed by atoms with Crippen molar-refractivity contribution in [3.8, 4) is 0 Å². The fourth-order valence-corrected chi connectivity index (χ4v) is 2.65. The van der Waals surface area contributed by atoms with E-state index >= 15 is 0 Å². The topological polar surface area (TPSA) is 64.3 Å². The Morgan fingerprint density at radius 2 is 2.06 bits per heavy atom. The fraction of sp³-hybridized carbons (Fsp3) is 0.667. The molecule has 0 aromatic carbocycles. The van der Waals surface area contributed by atoms with E-state index in [0.29, 0.717) is 11.9 Å². The number of piperazine rings is 1. The van der Waals surface area contributed by atoms with Crippen molar-refractivity contribution in [2.75, 3.05) is 44.2 Å². The van der Waals surface area contributed by atoms with Gasteiger partial charge in [0.2, 0.25) is 0 Å². The third-order valence-electron chi connectivity index (χ3n) is 3.70. The standard InChI is InChI=1S/C12H19N5O/c1-9-14-11(6-12(18)15-9)17-7-10(8-17)16-4-2-13-3-5-16/h6,10,13H,2-5,7-8H2,1H3,(H,14,15,18). The minimum atomic E-state index is -0.0666. The Balaban J connectivity index is 1.62. The van der Waals surface area contributed by atoms with E-state index in [1.54, 1.807) is 6.07 Å². The van der Waals surface area contributed by atoms with Crippen molar-refractivity contribution in [2.24, 2.45) is 0 Å².